The molecule has 0 bridgehead atoms. The lowest BCUT2D eigenvalue weighted by Crippen LogP contribution is -2.51. The summed E-state index contributed by atoms with van der Waals surface area (Å²) in [4.78, 5) is 31.2. The second-order valence-electron chi connectivity index (χ2n) is 9.19. The summed E-state index contributed by atoms with van der Waals surface area (Å²) in [7, 11) is 1.85. The van der Waals surface area contributed by atoms with Crippen molar-refractivity contribution in [3.05, 3.63) is 88.6 Å². The van der Waals surface area contributed by atoms with Crippen LogP contribution in [0.25, 0.3) is 0 Å². The van der Waals surface area contributed by atoms with E-state index in [0.29, 0.717) is 32.5 Å². The zero-order valence-corrected chi connectivity index (χ0v) is 20.5. The SMILES string of the molecule is CN(Cc1ccccc1)C(=O)CC1(COc2ccccc2)CCCN(C(=O)Cc2cccs2)C1. The average molecular weight is 477 g/mol. The Hall–Kier alpha value is -3.12. The highest BCUT2D eigenvalue weighted by atomic mass is 32.1. The molecule has 3 aromatic rings. The van der Waals surface area contributed by atoms with Crippen molar-refractivity contribution in [3.8, 4) is 5.75 Å². The van der Waals surface area contributed by atoms with Crippen LogP contribution in [0.5, 0.6) is 5.75 Å². The summed E-state index contributed by atoms with van der Waals surface area (Å²) in [6, 6.07) is 23.7. The molecule has 1 aliphatic heterocycles. The van der Waals surface area contributed by atoms with E-state index in [-0.39, 0.29) is 11.8 Å². The van der Waals surface area contributed by atoms with Crippen molar-refractivity contribution < 1.29 is 14.3 Å². The number of hydrogen-bond donors (Lipinski definition) is 0. The highest BCUT2D eigenvalue weighted by Gasteiger charge is 2.40. The van der Waals surface area contributed by atoms with Gasteiger partial charge in [-0.2, -0.15) is 0 Å². The molecule has 0 radical (unpaired) electrons. The number of thiophene rings is 1. The largest absolute Gasteiger partial charge is 0.493 e. The Morgan fingerprint density at radius 3 is 2.47 bits per heavy atom. The lowest BCUT2D eigenvalue weighted by atomic mass is 9.77. The topological polar surface area (TPSA) is 49.9 Å². The van der Waals surface area contributed by atoms with Gasteiger partial charge in [-0.25, -0.2) is 0 Å². The van der Waals surface area contributed by atoms with Crippen molar-refractivity contribution in [1.82, 2.24) is 9.80 Å². The third kappa shape index (κ3) is 6.48. The van der Waals surface area contributed by atoms with Gasteiger partial charge in [0.1, 0.15) is 5.75 Å². The fraction of sp³-hybridized carbons (Fsp3) is 0.357. The molecule has 2 heterocycles. The summed E-state index contributed by atoms with van der Waals surface area (Å²) < 4.78 is 6.18. The Morgan fingerprint density at radius 1 is 1.03 bits per heavy atom. The van der Waals surface area contributed by atoms with Gasteiger partial charge in [-0.05, 0) is 42.0 Å². The molecule has 34 heavy (non-hydrogen) atoms. The fourth-order valence-electron chi connectivity index (χ4n) is 4.56. The van der Waals surface area contributed by atoms with Gasteiger partial charge in [0.05, 0.1) is 13.0 Å². The highest BCUT2D eigenvalue weighted by molar-refractivity contribution is 7.10. The Kier molecular flexibility index (Phi) is 8.01. The number of nitrogens with zero attached hydrogens (tertiary/aromatic N) is 2. The predicted molar refractivity (Wildman–Crippen MR) is 136 cm³/mol. The predicted octanol–water partition coefficient (Wildman–Crippen LogP) is 5.03. The lowest BCUT2D eigenvalue weighted by Gasteiger charge is -2.43. The molecular formula is C28H32N2O3S. The van der Waals surface area contributed by atoms with Gasteiger partial charge in [0.15, 0.2) is 0 Å². The smallest absolute Gasteiger partial charge is 0.227 e. The fourth-order valence-corrected chi connectivity index (χ4v) is 5.26. The van der Waals surface area contributed by atoms with Crippen LogP contribution in [-0.2, 0) is 22.6 Å². The second kappa shape index (κ2) is 11.3. The number of likely N-dealkylation sites (tertiary alicyclic amines) is 1. The molecule has 0 saturated carbocycles. The van der Waals surface area contributed by atoms with Gasteiger partial charge in [-0.15, -0.1) is 11.3 Å². The van der Waals surface area contributed by atoms with Crippen molar-refractivity contribution in [2.24, 2.45) is 5.41 Å². The molecule has 0 spiro atoms. The Morgan fingerprint density at radius 2 is 1.76 bits per heavy atom. The van der Waals surface area contributed by atoms with Crippen LogP contribution >= 0.6 is 11.3 Å². The molecule has 178 valence electrons. The summed E-state index contributed by atoms with van der Waals surface area (Å²) in [6.45, 7) is 2.24. The van der Waals surface area contributed by atoms with Gasteiger partial charge < -0.3 is 14.5 Å². The van der Waals surface area contributed by atoms with Crippen molar-refractivity contribution >= 4 is 23.2 Å². The number of ether oxygens (including phenoxy) is 1. The van der Waals surface area contributed by atoms with Crippen molar-refractivity contribution in [3.63, 3.8) is 0 Å². The quantitative estimate of drug-likeness (QED) is 0.435. The zero-order valence-electron chi connectivity index (χ0n) is 19.7. The summed E-state index contributed by atoms with van der Waals surface area (Å²) in [5.41, 5.74) is 0.686. The van der Waals surface area contributed by atoms with Crippen LogP contribution in [-0.4, -0.2) is 48.4 Å². The van der Waals surface area contributed by atoms with Crippen LogP contribution in [0.3, 0.4) is 0 Å². The number of carbonyl (C=O) groups is 2. The second-order valence-corrected chi connectivity index (χ2v) is 10.2. The lowest BCUT2D eigenvalue weighted by molar-refractivity contribution is -0.140. The monoisotopic (exact) mass is 476 g/mol. The number of benzene rings is 2. The van der Waals surface area contributed by atoms with E-state index < -0.39 is 5.41 Å². The molecule has 1 unspecified atom stereocenters. The van der Waals surface area contributed by atoms with E-state index in [2.05, 4.69) is 0 Å². The number of carbonyl (C=O) groups excluding carboxylic acids is 2. The van der Waals surface area contributed by atoms with Crippen LogP contribution in [0.2, 0.25) is 0 Å². The first-order valence-electron chi connectivity index (χ1n) is 11.8. The normalized spacial score (nSPS) is 17.9. The molecule has 1 fully saturated rings. The number of rotatable bonds is 9. The minimum absolute atomic E-state index is 0.0769. The number of amides is 2. The Labute approximate surface area is 206 Å². The maximum Gasteiger partial charge on any atom is 0.227 e. The van der Waals surface area contributed by atoms with Crippen LogP contribution in [0, 0.1) is 5.41 Å². The molecule has 2 amide bonds. The maximum absolute atomic E-state index is 13.3. The first kappa shape index (κ1) is 24.0. The van der Waals surface area contributed by atoms with E-state index in [9.17, 15) is 9.59 Å². The standard InChI is InChI=1S/C28H32N2O3S/c1-29(20-23-10-4-2-5-11-23)27(32)19-28(22-33-24-12-6-3-7-13-24)15-9-16-30(21-28)26(31)18-25-14-8-17-34-25/h2-8,10-14,17H,9,15-16,18-22H2,1H3. The van der Waals surface area contributed by atoms with E-state index in [1.807, 2.05) is 90.1 Å². The summed E-state index contributed by atoms with van der Waals surface area (Å²) in [5, 5.41) is 2.00. The third-order valence-corrected chi connectivity index (χ3v) is 7.30. The summed E-state index contributed by atoms with van der Waals surface area (Å²) in [5.74, 6) is 0.985. The van der Waals surface area contributed by atoms with Gasteiger partial charge >= 0.3 is 0 Å². The highest BCUT2D eigenvalue weighted by Crippen LogP contribution is 2.35. The van der Waals surface area contributed by atoms with Gasteiger partial charge in [0.2, 0.25) is 11.8 Å². The van der Waals surface area contributed by atoms with Crippen molar-refractivity contribution in [2.75, 3.05) is 26.7 Å². The van der Waals surface area contributed by atoms with Gasteiger partial charge in [-0.3, -0.25) is 9.59 Å². The van der Waals surface area contributed by atoms with E-state index >= 15 is 0 Å². The average Bonchev–Trinajstić information content (AvgIpc) is 3.37. The molecule has 6 heteroatoms. The van der Waals surface area contributed by atoms with Gasteiger partial charge in [-0.1, -0.05) is 54.6 Å². The molecule has 1 saturated heterocycles. The van der Waals surface area contributed by atoms with Crippen LogP contribution in [0.4, 0.5) is 0 Å². The molecule has 1 aliphatic rings. The molecule has 1 atom stereocenters. The first-order valence-corrected chi connectivity index (χ1v) is 12.7. The number of piperidine rings is 1. The Bertz CT molecular complexity index is 1060. The van der Waals surface area contributed by atoms with Crippen LogP contribution in [0.1, 0.15) is 29.7 Å². The van der Waals surface area contributed by atoms with E-state index in [0.717, 1.165) is 35.6 Å². The minimum atomic E-state index is -0.415. The minimum Gasteiger partial charge on any atom is -0.493 e. The zero-order chi connectivity index (χ0) is 23.8. The molecule has 2 aromatic carbocycles. The maximum atomic E-state index is 13.3. The molecule has 0 aliphatic carbocycles. The third-order valence-electron chi connectivity index (χ3n) is 6.42. The van der Waals surface area contributed by atoms with E-state index in [1.165, 1.54) is 0 Å². The van der Waals surface area contributed by atoms with Crippen LogP contribution < -0.4 is 4.74 Å². The first-order chi connectivity index (χ1) is 16.5. The van der Waals surface area contributed by atoms with Gasteiger partial charge in [0.25, 0.3) is 0 Å². The molecular weight excluding hydrogens is 444 g/mol. The molecule has 1 aromatic heterocycles. The van der Waals surface area contributed by atoms with Crippen molar-refractivity contribution in [2.45, 2.75) is 32.2 Å². The molecule has 0 N–H and O–H groups in total. The Balaban J connectivity index is 1.47. The van der Waals surface area contributed by atoms with Crippen molar-refractivity contribution in [1.29, 1.82) is 0 Å². The van der Waals surface area contributed by atoms with Crippen LogP contribution in [0.15, 0.2) is 78.2 Å². The molecule has 4 rings (SSSR count). The van der Waals surface area contributed by atoms with Gasteiger partial charge in [0, 0.05) is 43.4 Å². The van der Waals surface area contributed by atoms with E-state index in [1.54, 1.807) is 16.2 Å². The molecule has 5 nitrogen and oxygen atoms in total. The number of hydrogen-bond acceptors (Lipinski definition) is 4. The van der Waals surface area contributed by atoms with E-state index in [4.69, 9.17) is 4.74 Å². The summed E-state index contributed by atoms with van der Waals surface area (Å²) >= 11 is 1.61. The summed E-state index contributed by atoms with van der Waals surface area (Å²) in [6.07, 6.45) is 2.48. The number of para-hydroxylation sites is 1.